The first-order chi connectivity index (χ1) is 15.0. The fourth-order valence-electron chi connectivity index (χ4n) is 3.42. The van der Waals surface area contributed by atoms with Crippen molar-refractivity contribution in [1.29, 1.82) is 0 Å². The van der Waals surface area contributed by atoms with Crippen LogP contribution in [0.15, 0.2) is 67.1 Å². The third-order valence-corrected chi connectivity index (χ3v) is 4.92. The lowest BCUT2D eigenvalue weighted by Crippen LogP contribution is -2.11. The molecular weight excluding hydrogens is 392 g/mol. The van der Waals surface area contributed by atoms with Crippen molar-refractivity contribution in [2.45, 2.75) is 6.92 Å². The van der Waals surface area contributed by atoms with Gasteiger partial charge in [-0.1, -0.05) is 6.07 Å². The Labute approximate surface area is 177 Å². The normalized spacial score (nSPS) is 11.0. The number of aryl methyl sites for hydroxylation is 2. The van der Waals surface area contributed by atoms with Gasteiger partial charge in [-0.2, -0.15) is 10.2 Å². The van der Waals surface area contributed by atoms with Crippen molar-refractivity contribution in [2.75, 3.05) is 10.6 Å². The molecule has 5 aromatic rings. The highest BCUT2D eigenvalue weighted by Gasteiger charge is 2.11. The fraction of sp³-hybridized carbons (Fsp3) is 0.0909. The van der Waals surface area contributed by atoms with Crippen LogP contribution in [0.3, 0.4) is 0 Å². The van der Waals surface area contributed by atoms with Crippen molar-refractivity contribution >= 4 is 34.0 Å². The number of amides is 1. The molecule has 3 heterocycles. The Morgan fingerprint density at radius 3 is 2.81 bits per heavy atom. The van der Waals surface area contributed by atoms with E-state index in [2.05, 4.69) is 31.0 Å². The van der Waals surface area contributed by atoms with Gasteiger partial charge in [0.25, 0.3) is 5.91 Å². The predicted molar refractivity (Wildman–Crippen MR) is 119 cm³/mol. The first kappa shape index (κ1) is 18.6. The predicted octanol–water partition coefficient (Wildman–Crippen LogP) is 3.79. The third-order valence-electron chi connectivity index (χ3n) is 4.92. The number of hydrogen-bond acceptors (Lipinski definition) is 5. The minimum absolute atomic E-state index is 0.209. The molecule has 0 aliphatic heterocycles. The van der Waals surface area contributed by atoms with Crippen molar-refractivity contribution in [2.24, 2.45) is 7.05 Å². The van der Waals surface area contributed by atoms with Crippen LogP contribution in [0.5, 0.6) is 0 Å². The van der Waals surface area contributed by atoms with E-state index < -0.39 is 0 Å². The number of hydrogen-bond donors (Lipinski definition) is 3. The maximum absolute atomic E-state index is 12.4. The van der Waals surface area contributed by atoms with Gasteiger partial charge < -0.3 is 10.6 Å². The summed E-state index contributed by atoms with van der Waals surface area (Å²) in [4.78, 5) is 12.4. The smallest absolute Gasteiger partial charge is 0.258 e. The Morgan fingerprint density at radius 2 is 1.97 bits per heavy atom. The molecule has 0 atom stereocenters. The van der Waals surface area contributed by atoms with Crippen LogP contribution in [0.2, 0.25) is 0 Å². The zero-order chi connectivity index (χ0) is 21.4. The molecule has 2 aromatic carbocycles. The van der Waals surface area contributed by atoms with Crippen LogP contribution in [0.4, 0.5) is 17.2 Å². The number of aromatic nitrogens is 6. The molecule has 3 aromatic heterocycles. The van der Waals surface area contributed by atoms with Crippen LogP contribution in [0, 0.1) is 6.92 Å². The lowest BCUT2D eigenvalue weighted by atomic mass is 10.2. The van der Waals surface area contributed by atoms with E-state index in [1.807, 2.05) is 60.1 Å². The number of nitrogens with zero attached hydrogens (tertiary/aromatic N) is 5. The van der Waals surface area contributed by atoms with Gasteiger partial charge in [-0.05, 0) is 43.3 Å². The second-order valence-electron chi connectivity index (χ2n) is 7.29. The molecule has 0 fully saturated rings. The number of carbonyl (C=O) groups is 1. The molecule has 0 aliphatic carbocycles. The van der Waals surface area contributed by atoms with Crippen molar-refractivity contribution in [3.63, 3.8) is 0 Å². The highest BCUT2D eigenvalue weighted by molar-refractivity contribution is 6.04. The van der Waals surface area contributed by atoms with E-state index in [0.717, 1.165) is 33.8 Å². The largest absolute Gasteiger partial charge is 0.339 e. The van der Waals surface area contributed by atoms with Crippen LogP contribution < -0.4 is 10.6 Å². The summed E-state index contributed by atoms with van der Waals surface area (Å²) in [6.45, 7) is 1.98. The molecule has 9 heteroatoms. The Kier molecular flexibility index (Phi) is 4.47. The number of fused-ring (bicyclic) bond motifs is 1. The van der Waals surface area contributed by atoms with Gasteiger partial charge in [-0.3, -0.25) is 14.6 Å². The van der Waals surface area contributed by atoms with E-state index >= 15 is 0 Å². The lowest BCUT2D eigenvalue weighted by Gasteiger charge is -2.08. The molecule has 0 unspecified atom stereocenters. The number of rotatable bonds is 5. The molecule has 0 bridgehead atoms. The highest BCUT2D eigenvalue weighted by Crippen LogP contribution is 2.23. The molecule has 5 rings (SSSR count). The topological polar surface area (TPSA) is 105 Å². The number of nitrogens with one attached hydrogen (secondary N) is 3. The average Bonchev–Trinajstić information content (AvgIpc) is 3.48. The Hall–Kier alpha value is -4.40. The van der Waals surface area contributed by atoms with Crippen LogP contribution >= 0.6 is 0 Å². The summed E-state index contributed by atoms with van der Waals surface area (Å²) in [5.74, 6) is 0.518. The van der Waals surface area contributed by atoms with Crippen molar-refractivity contribution < 1.29 is 4.79 Å². The molecule has 9 nitrogen and oxygen atoms in total. The molecule has 1 amide bonds. The second-order valence-corrected chi connectivity index (χ2v) is 7.29. The van der Waals surface area contributed by atoms with Gasteiger partial charge in [0, 0.05) is 41.8 Å². The summed E-state index contributed by atoms with van der Waals surface area (Å²) in [7, 11) is 1.77. The standard InChI is InChI=1S/C22H20N8O/c1-14-8-21(25-18-6-7-20-15(9-18)11-23-27-20)28-30(14)19-5-3-4-17(10-19)26-22(31)16-12-24-29(2)13-16/h3-13H,1-2H3,(H,23,27)(H,25,28)(H,26,31). The van der Waals surface area contributed by atoms with Gasteiger partial charge in [0.15, 0.2) is 5.82 Å². The molecule has 0 spiro atoms. The maximum atomic E-state index is 12.4. The van der Waals surface area contributed by atoms with Gasteiger partial charge in [0.1, 0.15) is 0 Å². The second kappa shape index (κ2) is 7.45. The number of anilines is 3. The van der Waals surface area contributed by atoms with Gasteiger partial charge in [0.05, 0.1) is 29.2 Å². The zero-order valence-corrected chi connectivity index (χ0v) is 17.0. The third kappa shape index (κ3) is 3.76. The van der Waals surface area contributed by atoms with Gasteiger partial charge in [0.2, 0.25) is 0 Å². The first-order valence-electron chi connectivity index (χ1n) is 9.72. The molecule has 0 saturated heterocycles. The van der Waals surface area contributed by atoms with Crippen molar-refractivity contribution in [1.82, 2.24) is 29.8 Å². The summed E-state index contributed by atoms with van der Waals surface area (Å²) in [5.41, 5.74) is 4.90. The number of H-pyrrole nitrogens is 1. The van der Waals surface area contributed by atoms with E-state index in [0.29, 0.717) is 11.3 Å². The lowest BCUT2D eigenvalue weighted by molar-refractivity contribution is 0.102. The first-order valence-corrected chi connectivity index (χ1v) is 9.72. The van der Waals surface area contributed by atoms with Crippen LogP contribution in [0.1, 0.15) is 16.1 Å². The number of carbonyl (C=O) groups excluding carboxylic acids is 1. The summed E-state index contributed by atoms with van der Waals surface area (Å²) < 4.78 is 3.43. The van der Waals surface area contributed by atoms with Crippen LogP contribution in [-0.2, 0) is 7.05 Å². The van der Waals surface area contributed by atoms with Crippen LogP contribution in [0.25, 0.3) is 16.6 Å². The SMILES string of the molecule is Cc1cc(Nc2ccc3[nH]ncc3c2)nn1-c1cccc(NC(=O)c2cnn(C)c2)c1. The highest BCUT2D eigenvalue weighted by atomic mass is 16.1. The Bertz CT molecular complexity index is 1390. The monoisotopic (exact) mass is 412 g/mol. The van der Waals surface area contributed by atoms with E-state index in [-0.39, 0.29) is 5.91 Å². The number of benzene rings is 2. The molecule has 31 heavy (non-hydrogen) atoms. The molecular formula is C22H20N8O. The minimum Gasteiger partial charge on any atom is -0.339 e. The Morgan fingerprint density at radius 1 is 1.06 bits per heavy atom. The molecule has 0 aliphatic rings. The molecule has 0 radical (unpaired) electrons. The van der Waals surface area contributed by atoms with Gasteiger partial charge >= 0.3 is 0 Å². The summed E-state index contributed by atoms with van der Waals surface area (Å²) in [5, 5.41) is 23.0. The number of aromatic amines is 1. The summed E-state index contributed by atoms with van der Waals surface area (Å²) in [6, 6.07) is 15.5. The zero-order valence-electron chi connectivity index (χ0n) is 17.0. The average molecular weight is 412 g/mol. The molecule has 3 N–H and O–H groups in total. The fourth-order valence-corrected chi connectivity index (χ4v) is 3.42. The molecule has 154 valence electrons. The minimum atomic E-state index is -0.209. The van der Waals surface area contributed by atoms with Crippen LogP contribution in [-0.4, -0.2) is 35.7 Å². The van der Waals surface area contributed by atoms with E-state index in [1.54, 1.807) is 24.1 Å². The van der Waals surface area contributed by atoms with E-state index in [9.17, 15) is 4.79 Å². The van der Waals surface area contributed by atoms with E-state index in [1.165, 1.54) is 6.20 Å². The summed E-state index contributed by atoms with van der Waals surface area (Å²) >= 11 is 0. The summed E-state index contributed by atoms with van der Waals surface area (Å²) in [6.07, 6.45) is 5.00. The Balaban J connectivity index is 1.37. The van der Waals surface area contributed by atoms with Crippen molar-refractivity contribution in [3.05, 3.63) is 78.4 Å². The van der Waals surface area contributed by atoms with E-state index in [4.69, 9.17) is 0 Å². The van der Waals surface area contributed by atoms with Crippen molar-refractivity contribution in [3.8, 4) is 5.69 Å². The quantitative estimate of drug-likeness (QED) is 0.407. The molecule has 0 saturated carbocycles. The van der Waals surface area contributed by atoms with Gasteiger partial charge in [-0.25, -0.2) is 4.68 Å². The van der Waals surface area contributed by atoms with Gasteiger partial charge in [-0.15, -0.1) is 5.10 Å². The maximum Gasteiger partial charge on any atom is 0.258 e.